The Morgan fingerprint density at radius 3 is 2.32 bits per heavy atom. The lowest BCUT2D eigenvalue weighted by Gasteiger charge is -2.15. The zero-order valence-electron chi connectivity index (χ0n) is 21.3. The molecule has 198 valence electrons. The predicted octanol–water partition coefficient (Wildman–Crippen LogP) is 3.72. The number of nitrogens with one attached hydrogen (secondary N) is 5. The fraction of sp³-hybridized carbons (Fsp3) is 0.214. The van der Waals surface area contributed by atoms with Crippen LogP contribution in [0.1, 0.15) is 34.8 Å². The number of carbonyl (C=O) groups is 2. The van der Waals surface area contributed by atoms with Gasteiger partial charge in [0.05, 0.1) is 17.0 Å². The molecule has 2 amide bonds. The fourth-order valence-electron chi connectivity index (χ4n) is 4.14. The summed E-state index contributed by atoms with van der Waals surface area (Å²) < 4.78 is 27.2. The lowest BCUT2D eigenvalue weighted by molar-refractivity contribution is -0.110. The van der Waals surface area contributed by atoms with Crippen LogP contribution in [-0.4, -0.2) is 46.1 Å². The molecule has 5 N–H and O–H groups in total. The Hall–Kier alpha value is -4.15. The van der Waals surface area contributed by atoms with Crippen molar-refractivity contribution in [3.63, 3.8) is 0 Å². The van der Waals surface area contributed by atoms with Crippen molar-refractivity contribution in [2.75, 3.05) is 41.2 Å². The highest BCUT2D eigenvalue weighted by atomic mass is 32.2. The lowest BCUT2D eigenvalue weighted by Crippen LogP contribution is -2.22. The van der Waals surface area contributed by atoms with Crippen LogP contribution in [0.5, 0.6) is 0 Å². The predicted molar refractivity (Wildman–Crippen MR) is 152 cm³/mol. The van der Waals surface area contributed by atoms with Gasteiger partial charge in [0.15, 0.2) is 0 Å². The van der Waals surface area contributed by atoms with Gasteiger partial charge in [-0.15, -0.1) is 0 Å². The van der Waals surface area contributed by atoms with Gasteiger partial charge in [-0.3, -0.25) is 14.3 Å². The second-order valence-corrected chi connectivity index (χ2v) is 10.6. The third kappa shape index (κ3) is 6.39. The van der Waals surface area contributed by atoms with Crippen molar-refractivity contribution in [2.24, 2.45) is 0 Å². The summed E-state index contributed by atoms with van der Waals surface area (Å²) in [7, 11) is -1.67. The van der Waals surface area contributed by atoms with Gasteiger partial charge in [-0.25, -0.2) is 8.42 Å². The van der Waals surface area contributed by atoms with E-state index in [1.165, 1.54) is 0 Å². The molecule has 3 aromatic rings. The first-order valence-electron chi connectivity index (χ1n) is 12.4. The van der Waals surface area contributed by atoms with Gasteiger partial charge in [0, 0.05) is 34.7 Å². The molecule has 0 unspecified atom stereocenters. The Bertz CT molecular complexity index is 1450. The topological polar surface area (TPSA) is 128 Å². The zero-order valence-corrected chi connectivity index (χ0v) is 22.1. The highest BCUT2D eigenvalue weighted by molar-refractivity contribution is 7.92. The molecule has 0 aliphatic carbocycles. The minimum Gasteiger partial charge on any atom is -0.354 e. The van der Waals surface area contributed by atoms with E-state index in [1.807, 2.05) is 37.3 Å². The smallest absolute Gasteiger partial charge is 0.258 e. The summed E-state index contributed by atoms with van der Waals surface area (Å²) in [4.78, 5) is 25.5. The summed E-state index contributed by atoms with van der Waals surface area (Å²) in [5, 5.41) is 11.9. The van der Waals surface area contributed by atoms with Gasteiger partial charge in [-0.2, -0.15) is 0 Å². The number of fused-ring (bicyclic) bond motifs is 1. The monoisotopic (exact) mass is 533 g/mol. The van der Waals surface area contributed by atoms with Crippen LogP contribution in [-0.2, 0) is 14.8 Å². The number of hydrogen-bond acceptors (Lipinski definition) is 6. The Labute approximate surface area is 222 Å². The Kier molecular flexibility index (Phi) is 8.45. The molecule has 0 aromatic heterocycles. The molecule has 1 aliphatic heterocycles. The number of hydrogen-bond donors (Lipinski definition) is 5. The Morgan fingerprint density at radius 1 is 0.921 bits per heavy atom. The number of rotatable bonds is 11. The normalized spacial score (nSPS) is 13.9. The van der Waals surface area contributed by atoms with E-state index in [-0.39, 0.29) is 17.6 Å². The SMILES string of the molecule is CCNC(=O)c1ccc2c(c1)NC(=O)/C2=C(\Nc1ccc(NS(=O)(=O)CCCNC)cc1)c1ccccc1. The van der Waals surface area contributed by atoms with E-state index < -0.39 is 10.0 Å². The van der Waals surface area contributed by atoms with Crippen LogP contribution < -0.4 is 26.0 Å². The first-order chi connectivity index (χ1) is 18.3. The van der Waals surface area contributed by atoms with E-state index in [9.17, 15) is 18.0 Å². The van der Waals surface area contributed by atoms with Crippen molar-refractivity contribution in [2.45, 2.75) is 13.3 Å². The van der Waals surface area contributed by atoms with Crippen molar-refractivity contribution in [3.05, 3.63) is 89.5 Å². The summed E-state index contributed by atoms with van der Waals surface area (Å²) in [5.41, 5.74) is 4.67. The van der Waals surface area contributed by atoms with Crippen molar-refractivity contribution in [1.82, 2.24) is 10.6 Å². The molecule has 0 radical (unpaired) electrons. The summed E-state index contributed by atoms with van der Waals surface area (Å²) in [6.45, 7) is 2.97. The first-order valence-corrected chi connectivity index (χ1v) is 14.0. The minimum absolute atomic E-state index is 0.0223. The molecule has 3 aromatic carbocycles. The maximum absolute atomic E-state index is 13.2. The molecular weight excluding hydrogens is 502 g/mol. The molecule has 0 saturated heterocycles. The summed E-state index contributed by atoms with van der Waals surface area (Å²) in [5.74, 6) is -0.472. The molecule has 9 nitrogen and oxygen atoms in total. The van der Waals surface area contributed by atoms with Gasteiger partial charge in [0.25, 0.3) is 11.8 Å². The van der Waals surface area contributed by atoms with E-state index in [1.54, 1.807) is 49.5 Å². The molecule has 0 spiro atoms. The number of amides is 2. The highest BCUT2D eigenvalue weighted by Crippen LogP contribution is 2.38. The minimum atomic E-state index is -3.45. The molecule has 0 bridgehead atoms. The molecule has 0 atom stereocenters. The molecule has 1 heterocycles. The van der Waals surface area contributed by atoms with Crippen LogP contribution in [0.25, 0.3) is 11.3 Å². The molecule has 10 heteroatoms. The average molecular weight is 534 g/mol. The Morgan fingerprint density at radius 2 is 1.63 bits per heavy atom. The Balaban J connectivity index is 1.65. The molecule has 4 rings (SSSR count). The molecule has 0 fully saturated rings. The van der Waals surface area contributed by atoms with Crippen LogP contribution in [0.2, 0.25) is 0 Å². The van der Waals surface area contributed by atoms with Gasteiger partial charge in [0.1, 0.15) is 0 Å². The third-order valence-corrected chi connectivity index (χ3v) is 7.32. The second kappa shape index (κ2) is 11.9. The number of sulfonamides is 1. The van der Waals surface area contributed by atoms with Crippen LogP contribution in [0.3, 0.4) is 0 Å². The average Bonchev–Trinajstić information content (AvgIpc) is 3.23. The standard InChI is InChI=1S/C28H31N5O4S/c1-3-30-27(34)20-10-15-23-24(18-20)32-28(35)25(23)26(19-8-5-4-6-9-19)31-21-11-13-22(14-12-21)33-38(36,37)17-7-16-29-2/h4-6,8-15,18,29,31,33H,3,7,16-17H2,1-2H3,(H,30,34)(H,32,35)/b26-25-. The molecule has 38 heavy (non-hydrogen) atoms. The maximum Gasteiger partial charge on any atom is 0.258 e. The van der Waals surface area contributed by atoms with Gasteiger partial charge < -0.3 is 21.3 Å². The van der Waals surface area contributed by atoms with E-state index in [4.69, 9.17) is 0 Å². The second-order valence-electron chi connectivity index (χ2n) is 8.77. The number of anilines is 3. The van der Waals surface area contributed by atoms with Crippen molar-refractivity contribution in [1.29, 1.82) is 0 Å². The molecule has 0 saturated carbocycles. The fourth-order valence-corrected chi connectivity index (χ4v) is 5.27. The van der Waals surface area contributed by atoms with Crippen LogP contribution >= 0.6 is 0 Å². The van der Waals surface area contributed by atoms with Crippen molar-refractivity contribution < 1.29 is 18.0 Å². The van der Waals surface area contributed by atoms with Crippen LogP contribution in [0.15, 0.2) is 72.8 Å². The number of carbonyl (C=O) groups excluding carboxylic acids is 2. The van der Waals surface area contributed by atoms with Crippen LogP contribution in [0, 0.1) is 0 Å². The van der Waals surface area contributed by atoms with E-state index in [2.05, 4.69) is 26.0 Å². The van der Waals surface area contributed by atoms with Gasteiger partial charge >= 0.3 is 0 Å². The first kappa shape index (κ1) is 26.9. The molecular formula is C28H31N5O4S. The van der Waals surface area contributed by atoms with E-state index >= 15 is 0 Å². The van der Waals surface area contributed by atoms with E-state index in [0.717, 1.165) is 5.56 Å². The maximum atomic E-state index is 13.2. The summed E-state index contributed by atoms with van der Waals surface area (Å²) in [6.07, 6.45) is 0.508. The van der Waals surface area contributed by atoms with Gasteiger partial charge in [-0.05, 0) is 68.9 Å². The van der Waals surface area contributed by atoms with Crippen molar-refractivity contribution in [3.8, 4) is 0 Å². The summed E-state index contributed by atoms with van der Waals surface area (Å²) in [6, 6.07) is 21.4. The highest BCUT2D eigenvalue weighted by Gasteiger charge is 2.29. The van der Waals surface area contributed by atoms with Crippen molar-refractivity contribution >= 4 is 50.2 Å². The largest absolute Gasteiger partial charge is 0.354 e. The third-order valence-electron chi connectivity index (χ3n) is 5.94. The molecule has 1 aliphatic rings. The summed E-state index contributed by atoms with van der Waals surface area (Å²) >= 11 is 0. The lowest BCUT2D eigenvalue weighted by atomic mass is 9.99. The van der Waals surface area contributed by atoms with Gasteiger partial charge in [-0.1, -0.05) is 36.4 Å². The van der Waals surface area contributed by atoms with Crippen LogP contribution in [0.4, 0.5) is 17.1 Å². The van der Waals surface area contributed by atoms with Gasteiger partial charge in [0.2, 0.25) is 10.0 Å². The zero-order chi connectivity index (χ0) is 27.1. The quantitative estimate of drug-likeness (QED) is 0.189. The number of benzene rings is 3. The van der Waals surface area contributed by atoms with E-state index in [0.29, 0.717) is 59.0 Å².